The number of likely N-dealkylation sites (N-methyl/N-ethyl adjacent to an activating group) is 1. The molecule has 3 rings (SSSR count). The molecule has 1 amide bonds. The summed E-state index contributed by atoms with van der Waals surface area (Å²) in [6.45, 7) is 4.10. The molecule has 0 aliphatic carbocycles. The Morgan fingerprint density at radius 1 is 1.24 bits per heavy atom. The lowest BCUT2D eigenvalue weighted by atomic mass is 9.90. The lowest BCUT2D eigenvalue weighted by Crippen LogP contribution is -2.56. The van der Waals surface area contributed by atoms with Gasteiger partial charge in [-0.15, -0.1) is 12.4 Å². The molecule has 0 saturated carbocycles. The lowest BCUT2D eigenvalue weighted by molar-refractivity contribution is -0.150. The molecule has 2 heterocycles. The van der Waals surface area contributed by atoms with E-state index in [0.29, 0.717) is 19.4 Å². The zero-order valence-corrected chi connectivity index (χ0v) is 15.5. The third-order valence-corrected chi connectivity index (χ3v) is 4.48. The Hall–Kier alpha value is -1.98. The number of rotatable bonds is 5. The van der Waals surface area contributed by atoms with Gasteiger partial charge in [0, 0.05) is 32.0 Å². The number of piperidine rings is 1. The summed E-state index contributed by atoms with van der Waals surface area (Å²) in [6, 6.07) is 9.75. The minimum Gasteiger partial charge on any atom is -0.477 e. The summed E-state index contributed by atoms with van der Waals surface area (Å²) in [5, 5.41) is 3.31. The molecule has 6 heteroatoms. The Kier molecular flexibility index (Phi) is 6.51. The quantitative estimate of drug-likeness (QED) is 0.885. The largest absolute Gasteiger partial charge is 0.477 e. The van der Waals surface area contributed by atoms with E-state index in [1.54, 1.807) is 17.4 Å². The fourth-order valence-corrected chi connectivity index (χ4v) is 3.10. The van der Waals surface area contributed by atoms with Crippen molar-refractivity contribution in [3.8, 4) is 5.75 Å². The molecular formula is C19H25ClN2O3. The van der Waals surface area contributed by atoms with Crippen LogP contribution in [0.15, 0.2) is 47.3 Å². The van der Waals surface area contributed by atoms with Gasteiger partial charge in [-0.3, -0.25) is 4.79 Å². The fraction of sp³-hybridized carbons (Fsp3) is 0.421. The summed E-state index contributed by atoms with van der Waals surface area (Å²) in [6.07, 6.45) is 4.61. The number of nitrogens with zero attached hydrogens (tertiary/aromatic N) is 1. The number of furan rings is 1. The number of hydrogen-bond donors (Lipinski definition) is 1. The van der Waals surface area contributed by atoms with Gasteiger partial charge in [-0.25, -0.2) is 0 Å². The summed E-state index contributed by atoms with van der Waals surface area (Å²) < 4.78 is 11.3. The molecule has 25 heavy (non-hydrogen) atoms. The highest BCUT2D eigenvalue weighted by Gasteiger charge is 2.43. The molecule has 1 fully saturated rings. The summed E-state index contributed by atoms with van der Waals surface area (Å²) >= 11 is 0. The van der Waals surface area contributed by atoms with Crippen molar-refractivity contribution in [2.24, 2.45) is 0 Å². The molecule has 2 aromatic rings. The van der Waals surface area contributed by atoms with Crippen molar-refractivity contribution in [3.63, 3.8) is 0 Å². The molecule has 0 radical (unpaired) electrons. The van der Waals surface area contributed by atoms with Gasteiger partial charge in [-0.1, -0.05) is 17.7 Å². The molecule has 5 nitrogen and oxygen atoms in total. The summed E-state index contributed by atoms with van der Waals surface area (Å²) in [7, 11) is 1.82. The van der Waals surface area contributed by atoms with Crippen LogP contribution in [-0.2, 0) is 11.3 Å². The molecule has 0 spiro atoms. The summed E-state index contributed by atoms with van der Waals surface area (Å²) in [5.41, 5.74) is 1.34. The monoisotopic (exact) mass is 364 g/mol. The molecule has 1 N–H and O–H groups in total. The van der Waals surface area contributed by atoms with E-state index in [-0.39, 0.29) is 18.3 Å². The molecular weight excluding hydrogens is 340 g/mol. The first-order chi connectivity index (χ1) is 11.6. The van der Waals surface area contributed by atoms with Crippen molar-refractivity contribution in [2.75, 3.05) is 20.1 Å². The number of nitrogens with one attached hydrogen (secondary N) is 1. The van der Waals surface area contributed by atoms with Crippen LogP contribution in [0.1, 0.15) is 24.0 Å². The molecule has 1 saturated heterocycles. The van der Waals surface area contributed by atoms with Gasteiger partial charge in [0.2, 0.25) is 0 Å². The van der Waals surface area contributed by atoms with Crippen molar-refractivity contribution >= 4 is 18.3 Å². The van der Waals surface area contributed by atoms with Crippen molar-refractivity contribution in [2.45, 2.75) is 31.9 Å². The minimum absolute atomic E-state index is 0. The standard InChI is InChI=1S/C19H24N2O3.ClH/c1-15-3-5-17(6-4-15)24-19(8-10-20-11-9-19)18(22)21(2)13-16-7-12-23-14-16;/h3-7,12,14,20H,8-11,13H2,1-2H3;1H. The second-order valence-electron chi connectivity index (χ2n) is 6.45. The van der Waals surface area contributed by atoms with E-state index < -0.39 is 5.60 Å². The third-order valence-electron chi connectivity index (χ3n) is 4.48. The van der Waals surface area contributed by atoms with Crippen LogP contribution in [0, 0.1) is 6.92 Å². The second-order valence-corrected chi connectivity index (χ2v) is 6.45. The van der Waals surface area contributed by atoms with E-state index in [1.165, 1.54) is 5.56 Å². The number of benzene rings is 1. The van der Waals surface area contributed by atoms with Crippen molar-refractivity contribution < 1.29 is 13.9 Å². The van der Waals surface area contributed by atoms with E-state index in [2.05, 4.69) is 5.32 Å². The van der Waals surface area contributed by atoms with Crippen molar-refractivity contribution in [1.29, 1.82) is 0 Å². The SMILES string of the molecule is Cc1ccc(OC2(C(=O)N(C)Cc3ccoc3)CCNCC2)cc1.Cl. The predicted octanol–water partition coefficient (Wildman–Crippen LogP) is 3.17. The summed E-state index contributed by atoms with van der Waals surface area (Å²) in [4.78, 5) is 14.9. The fourth-order valence-electron chi connectivity index (χ4n) is 3.10. The van der Waals surface area contributed by atoms with Gasteiger partial charge >= 0.3 is 0 Å². The molecule has 0 atom stereocenters. The van der Waals surface area contributed by atoms with Gasteiger partial charge in [-0.05, 0) is 38.2 Å². The van der Waals surface area contributed by atoms with Crippen LogP contribution in [0.3, 0.4) is 0 Å². The van der Waals surface area contributed by atoms with Crippen LogP contribution in [0.4, 0.5) is 0 Å². The number of amides is 1. The summed E-state index contributed by atoms with van der Waals surface area (Å²) in [5.74, 6) is 0.762. The zero-order valence-electron chi connectivity index (χ0n) is 14.7. The average molecular weight is 365 g/mol. The van der Waals surface area contributed by atoms with Gasteiger partial charge in [0.1, 0.15) is 5.75 Å². The Morgan fingerprint density at radius 3 is 2.52 bits per heavy atom. The normalized spacial score (nSPS) is 15.9. The van der Waals surface area contributed by atoms with Crippen molar-refractivity contribution in [1.82, 2.24) is 10.2 Å². The number of halogens is 1. The first kappa shape index (κ1) is 19.3. The highest BCUT2D eigenvalue weighted by Crippen LogP contribution is 2.29. The molecule has 136 valence electrons. The Bertz CT molecular complexity index is 664. The van der Waals surface area contributed by atoms with Gasteiger partial charge in [0.15, 0.2) is 5.60 Å². The number of carbonyl (C=O) groups is 1. The van der Waals surface area contributed by atoms with Crippen LogP contribution < -0.4 is 10.1 Å². The highest BCUT2D eigenvalue weighted by molar-refractivity contribution is 5.86. The molecule has 0 bridgehead atoms. The second kappa shape index (κ2) is 8.41. The molecule has 1 aliphatic rings. The van der Waals surface area contributed by atoms with Gasteiger partial charge in [0.05, 0.1) is 12.5 Å². The molecule has 1 aromatic heterocycles. The van der Waals surface area contributed by atoms with E-state index >= 15 is 0 Å². The lowest BCUT2D eigenvalue weighted by Gasteiger charge is -2.39. The average Bonchev–Trinajstić information content (AvgIpc) is 3.10. The van der Waals surface area contributed by atoms with Crippen LogP contribution in [0.25, 0.3) is 0 Å². The van der Waals surface area contributed by atoms with Gasteiger partial charge in [-0.2, -0.15) is 0 Å². The van der Waals surface area contributed by atoms with Gasteiger partial charge in [0.25, 0.3) is 5.91 Å². The Labute approximate surface area is 154 Å². The first-order valence-corrected chi connectivity index (χ1v) is 8.32. The molecule has 1 aromatic carbocycles. The van der Waals surface area contributed by atoms with Crippen LogP contribution in [0.2, 0.25) is 0 Å². The number of ether oxygens (including phenoxy) is 1. The number of carbonyl (C=O) groups excluding carboxylic acids is 1. The zero-order chi connectivity index (χ0) is 17.0. The topological polar surface area (TPSA) is 54.7 Å². The smallest absolute Gasteiger partial charge is 0.266 e. The van der Waals surface area contributed by atoms with E-state index in [1.807, 2.05) is 44.3 Å². The number of aryl methyl sites for hydroxylation is 1. The Morgan fingerprint density at radius 2 is 1.92 bits per heavy atom. The van der Waals surface area contributed by atoms with Crippen LogP contribution >= 0.6 is 12.4 Å². The van der Waals surface area contributed by atoms with Crippen LogP contribution in [0.5, 0.6) is 5.75 Å². The Balaban J connectivity index is 0.00000225. The molecule has 1 aliphatic heterocycles. The number of hydrogen-bond acceptors (Lipinski definition) is 4. The van der Waals surface area contributed by atoms with E-state index in [0.717, 1.165) is 24.4 Å². The van der Waals surface area contributed by atoms with Crippen molar-refractivity contribution in [3.05, 3.63) is 54.0 Å². The van der Waals surface area contributed by atoms with E-state index in [4.69, 9.17) is 9.15 Å². The highest BCUT2D eigenvalue weighted by atomic mass is 35.5. The first-order valence-electron chi connectivity index (χ1n) is 8.32. The maximum atomic E-state index is 13.2. The van der Waals surface area contributed by atoms with Gasteiger partial charge < -0.3 is 19.4 Å². The van der Waals surface area contributed by atoms with E-state index in [9.17, 15) is 4.79 Å². The van der Waals surface area contributed by atoms with Crippen LogP contribution in [-0.4, -0.2) is 36.5 Å². The third kappa shape index (κ3) is 4.55. The molecule has 0 unspecified atom stereocenters. The minimum atomic E-state index is -0.807. The maximum absolute atomic E-state index is 13.2. The predicted molar refractivity (Wildman–Crippen MR) is 99.1 cm³/mol. The maximum Gasteiger partial charge on any atom is 0.266 e.